The van der Waals surface area contributed by atoms with Gasteiger partial charge in [-0.1, -0.05) is 56.1 Å². The maximum absolute atomic E-state index is 13.7. The third-order valence-corrected chi connectivity index (χ3v) is 5.85. The number of nitrogens with one attached hydrogen (secondary N) is 2. The molecule has 2 atom stereocenters. The molecule has 0 heterocycles. The molecule has 0 saturated carbocycles. The zero-order chi connectivity index (χ0) is 27.3. The van der Waals surface area contributed by atoms with Crippen LogP contribution in [0.2, 0.25) is 0 Å². The summed E-state index contributed by atoms with van der Waals surface area (Å²) in [6, 6.07) is 8.81. The Kier molecular flexibility index (Phi) is 10.2. The summed E-state index contributed by atoms with van der Waals surface area (Å²) in [5, 5.41) is 4.72. The third-order valence-electron chi connectivity index (χ3n) is 4.93. The lowest BCUT2D eigenvalue weighted by molar-refractivity contribution is -0.144. The molecule has 1 unspecified atom stereocenters. The summed E-state index contributed by atoms with van der Waals surface area (Å²) < 4.78 is 78.8. The number of rotatable bonds is 8. The third kappa shape index (κ3) is 9.61. The van der Waals surface area contributed by atoms with E-state index in [9.17, 15) is 35.9 Å². The standard InChI is InChI=1S/C24H22Br2F6N2O2/c1-13-9-15(4-6-20(24(30,31)32)16-10-17(25)12-18(26)11-16)3-5-19(13)22(36)34-14(2)33-21(35)7-8-23(27,28)29/h3-6,9-12,14,20H,7-8H2,1-2H3,(H,33,35)(H,34,36)/b6-4+/t14-,20?/m1/s1. The Morgan fingerprint density at radius 1 is 0.972 bits per heavy atom. The molecule has 0 aliphatic carbocycles. The Morgan fingerprint density at radius 3 is 2.11 bits per heavy atom. The van der Waals surface area contributed by atoms with E-state index in [2.05, 4.69) is 42.5 Å². The van der Waals surface area contributed by atoms with Crippen LogP contribution in [0.15, 0.2) is 51.4 Å². The summed E-state index contributed by atoms with van der Waals surface area (Å²) in [5.41, 5.74) is 1.13. The van der Waals surface area contributed by atoms with Gasteiger partial charge in [-0.15, -0.1) is 0 Å². The topological polar surface area (TPSA) is 58.2 Å². The molecule has 0 aliphatic heterocycles. The van der Waals surface area contributed by atoms with E-state index >= 15 is 0 Å². The van der Waals surface area contributed by atoms with Gasteiger partial charge in [0.2, 0.25) is 5.91 Å². The Bertz CT molecular complexity index is 1110. The minimum Gasteiger partial charge on any atom is -0.336 e. The van der Waals surface area contributed by atoms with Gasteiger partial charge in [-0.2, -0.15) is 26.3 Å². The molecule has 196 valence electrons. The maximum Gasteiger partial charge on any atom is 0.399 e. The van der Waals surface area contributed by atoms with Gasteiger partial charge in [0.05, 0.1) is 18.5 Å². The number of allylic oxidation sites excluding steroid dienone is 1. The highest BCUT2D eigenvalue weighted by Crippen LogP contribution is 2.38. The van der Waals surface area contributed by atoms with E-state index in [1.807, 2.05) is 0 Å². The molecule has 12 heteroatoms. The highest BCUT2D eigenvalue weighted by atomic mass is 79.9. The van der Waals surface area contributed by atoms with Crippen molar-refractivity contribution in [1.29, 1.82) is 0 Å². The summed E-state index contributed by atoms with van der Waals surface area (Å²) >= 11 is 6.39. The van der Waals surface area contributed by atoms with Crippen LogP contribution in [0.25, 0.3) is 6.08 Å². The fourth-order valence-electron chi connectivity index (χ4n) is 3.30. The van der Waals surface area contributed by atoms with Crippen LogP contribution >= 0.6 is 31.9 Å². The fraction of sp³-hybridized carbons (Fsp3) is 0.333. The number of aryl methyl sites for hydroxylation is 1. The molecular formula is C24H22Br2F6N2O2. The number of carbonyl (C=O) groups is 2. The highest BCUT2D eigenvalue weighted by Gasteiger charge is 2.39. The summed E-state index contributed by atoms with van der Waals surface area (Å²) in [6.07, 6.45) is -9.64. The second-order valence-corrected chi connectivity index (χ2v) is 9.86. The zero-order valence-corrected chi connectivity index (χ0v) is 22.2. The smallest absolute Gasteiger partial charge is 0.336 e. The molecule has 2 amide bonds. The van der Waals surface area contributed by atoms with Gasteiger partial charge in [0.15, 0.2) is 0 Å². The molecule has 4 nitrogen and oxygen atoms in total. The molecule has 2 aromatic rings. The maximum atomic E-state index is 13.7. The Morgan fingerprint density at radius 2 is 1.58 bits per heavy atom. The second kappa shape index (κ2) is 12.3. The van der Waals surface area contributed by atoms with Crippen LogP contribution in [0.4, 0.5) is 26.3 Å². The van der Waals surface area contributed by atoms with Crippen LogP contribution < -0.4 is 10.6 Å². The van der Waals surface area contributed by atoms with Crippen molar-refractivity contribution in [3.05, 3.63) is 73.7 Å². The van der Waals surface area contributed by atoms with E-state index in [1.165, 1.54) is 43.3 Å². The number of hydrogen-bond donors (Lipinski definition) is 2. The molecule has 2 aromatic carbocycles. The van der Waals surface area contributed by atoms with Crippen molar-refractivity contribution in [2.24, 2.45) is 0 Å². The van der Waals surface area contributed by atoms with Gasteiger partial charge in [0.1, 0.15) is 0 Å². The van der Waals surface area contributed by atoms with Gasteiger partial charge in [-0.25, -0.2) is 0 Å². The van der Waals surface area contributed by atoms with E-state index in [0.717, 1.165) is 6.08 Å². The SMILES string of the molecule is Cc1cc(/C=C/C(c2cc(Br)cc(Br)c2)C(F)(F)F)ccc1C(=O)N[C@H](C)NC(=O)CCC(F)(F)F. The van der Waals surface area contributed by atoms with Crippen molar-refractivity contribution in [1.82, 2.24) is 10.6 Å². The van der Waals surface area contributed by atoms with Crippen molar-refractivity contribution in [2.45, 2.75) is 51.1 Å². The minimum absolute atomic E-state index is 0.0407. The lowest BCUT2D eigenvalue weighted by Gasteiger charge is -2.18. The number of benzene rings is 2. The lowest BCUT2D eigenvalue weighted by atomic mass is 9.96. The normalized spacial score (nSPS) is 13.9. The predicted octanol–water partition coefficient (Wildman–Crippen LogP) is 7.41. The van der Waals surface area contributed by atoms with E-state index in [1.54, 1.807) is 13.0 Å². The van der Waals surface area contributed by atoms with Crippen LogP contribution in [0, 0.1) is 6.92 Å². The number of amides is 2. The van der Waals surface area contributed by atoms with E-state index in [0.29, 0.717) is 20.1 Å². The summed E-state index contributed by atoms with van der Waals surface area (Å²) in [5.74, 6) is -3.33. The number of hydrogen-bond acceptors (Lipinski definition) is 2. The molecule has 2 N–H and O–H groups in total. The summed E-state index contributed by atoms with van der Waals surface area (Å²) in [6.45, 7) is 2.99. The fourth-order valence-corrected chi connectivity index (χ4v) is 4.63. The largest absolute Gasteiger partial charge is 0.399 e. The van der Waals surface area contributed by atoms with Crippen LogP contribution in [-0.2, 0) is 4.79 Å². The van der Waals surface area contributed by atoms with Crippen LogP contribution in [-0.4, -0.2) is 30.3 Å². The van der Waals surface area contributed by atoms with Crippen LogP contribution in [0.5, 0.6) is 0 Å². The Hall–Kier alpha value is -2.34. The first-order chi connectivity index (χ1) is 16.5. The van der Waals surface area contributed by atoms with Gasteiger partial charge >= 0.3 is 12.4 Å². The average molecular weight is 644 g/mol. The van der Waals surface area contributed by atoms with Gasteiger partial charge < -0.3 is 10.6 Å². The molecule has 2 rings (SSSR count). The Labute approximate surface area is 220 Å². The first-order valence-electron chi connectivity index (χ1n) is 10.5. The average Bonchev–Trinajstić information content (AvgIpc) is 2.70. The molecule has 0 aromatic heterocycles. The van der Waals surface area contributed by atoms with E-state index < -0.39 is 49.1 Å². The van der Waals surface area contributed by atoms with Crippen LogP contribution in [0.3, 0.4) is 0 Å². The van der Waals surface area contributed by atoms with Crippen LogP contribution in [0.1, 0.15) is 52.7 Å². The van der Waals surface area contributed by atoms with E-state index in [-0.39, 0.29) is 11.1 Å². The van der Waals surface area contributed by atoms with Crippen molar-refractivity contribution in [2.75, 3.05) is 0 Å². The van der Waals surface area contributed by atoms with Gasteiger partial charge in [-0.3, -0.25) is 9.59 Å². The van der Waals surface area contributed by atoms with E-state index in [4.69, 9.17) is 0 Å². The molecule has 36 heavy (non-hydrogen) atoms. The second-order valence-electron chi connectivity index (χ2n) is 8.03. The molecule has 0 spiro atoms. The number of halogens is 8. The van der Waals surface area contributed by atoms with Gasteiger partial charge in [0, 0.05) is 20.9 Å². The molecular weight excluding hydrogens is 622 g/mol. The zero-order valence-electron chi connectivity index (χ0n) is 19.0. The molecule has 0 fully saturated rings. The van der Waals surface area contributed by atoms with Crippen molar-refractivity contribution in [3.8, 4) is 0 Å². The first-order valence-corrected chi connectivity index (χ1v) is 12.1. The van der Waals surface area contributed by atoms with Gasteiger partial charge in [-0.05, 0) is 54.8 Å². The van der Waals surface area contributed by atoms with Crippen molar-refractivity contribution in [3.63, 3.8) is 0 Å². The number of alkyl halides is 6. The first kappa shape index (κ1) is 29.9. The van der Waals surface area contributed by atoms with Crippen molar-refractivity contribution >= 4 is 49.8 Å². The predicted molar refractivity (Wildman–Crippen MR) is 131 cm³/mol. The monoisotopic (exact) mass is 642 g/mol. The Balaban J connectivity index is 2.11. The molecule has 0 aliphatic rings. The quantitative estimate of drug-likeness (QED) is 0.232. The summed E-state index contributed by atoms with van der Waals surface area (Å²) in [4.78, 5) is 24.1. The molecule has 0 radical (unpaired) electrons. The lowest BCUT2D eigenvalue weighted by Crippen LogP contribution is -2.46. The van der Waals surface area contributed by atoms with Crippen molar-refractivity contribution < 1.29 is 35.9 Å². The molecule has 0 saturated heterocycles. The minimum atomic E-state index is -4.54. The molecule has 0 bridgehead atoms. The summed E-state index contributed by atoms with van der Waals surface area (Å²) in [7, 11) is 0. The number of carbonyl (C=O) groups excluding carboxylic acids is 2. The van der Waals surface area contributed by atoms with Gasteiger partial charge in [0.25, 0.3) is 5.91 Å². The highest BCUT2D eigenvalue weighted by molar-refractivity contribution is 9.11.